The summed E-state index contributed by atoms with van der Waals surface area (Å²) < 4.78 is 5.44. The minimum Gasteiger partial charge on any atom is -0.378 e. The third-order valence-corrected chi connectivity index (χ3v) is 6.15. The Morgan fingerprint density at radius 1 is 1.31 bits per heavy atom. The van der Waals surface area contributed by atoms with Crippen LogP contribution in [-0.4, -0.2) is 38.5 Å². The third-order valence-electron chi connectivity index (χ3n) is 5.93. The van der Waals surface area contributed by atoms with E-state index < -0.39 is 11.3 Å². The van der Waals surface area contributed by atoms with Gasteiger partial charge in [-0.2, -0.15) is 0 Å². The van der Waals surface area contributed by atoms with Crippen molar-refractivity contribution in [1.82, 2.24) is 0 Å². The van der Waals surface area contributed by atoms with Gasteiger partial charge in [-0.25, -0.2) is 0 Å². The molecule has 0 aromatic heterocycles. The number of fused-ring (bicyclic) bond motifs is 1. The maximum absolute atomic E-state index is 12.5. The lowest BCUT2D eigenvalue weighted by molar-refractivity contribution is -0.123. The lowest BCUT2D eigenvalue weighted by Crippen LogP contribution is -2.44. The molecule has 1 fully saturated rings. The predicted molar refractivity (Wildman–Crippen MR) is 113 cm³/mol. The summed E-state index contributed by atoms with van der Waals surface area (Å²) in [5.41, 5.74) is 8.49. The van der Waals surface area contributed by atoms with E-state index in [1.165, 1.54) is 0 Å². The van der Waals surface area contributed by atoms with Crippen molar-refractivity contribution in [3.05, 3.63) is 58.1 Å². The minimum atomic E-state index is -0.962. The molecule has 6 nitrogen and oxygen atoms in total. The highest BCUT2D eigenvalue weighted by molar-refractivity contribution is 6.31. The number of morpholine rings is 1. The number of nitrogens with one attached hydrogen (secondary N) is 1. The maximum Gasteiger partial charge on any atom is 0.235 e. The fourth-order valence-corrected chi connectivity index (χ4v) is 4.43. The second-order valence-corrected chi connectivity index (χ2v) is 8.21. The number of nitrogens with two attached hydrogens (primary N) is 1. The second-order valence-electron chi connectivity index (χ2n) is 7.77. The molecule has 2 aliphatic rings. The Morgan fingerprint density at radius 2 is 2.07 bits per heavy atom. The van der Waals surface area contributed by atoms with Crippen molar-refractivity contribution in [3.63, 3.8) is 0 Å². The zero-order chi connectivity index (χ0) is 20.6. The van der Waals surface area contributed by atoms with Gasteiger partial charge in [0.25, 0.3) is 0 Å². The molecule has 2 aliphatic heterocycles. The van der Waals surface area contributed by atoms with Crippen LogP contribution in [-0.2, 0) is 19.7 Å². The van der Waals surface area contributed by atoms with Crippen LogP contribution in [0.15, 0.2) is 36.4 Å². The summed E-state index contributed by atoms with van der Waals surface area (Å²) in [5, 5.41) is 3.81. The highest BCUT2D eigenvalue weighted by Gasteiger charge is 2.43. The SMILES string of the molecule is CC1(C(N)=O)CC(c2cccc(N3CCOCC3)c2)Nc2c([C]=O)cc(Cl)cc21. The zero-order valence-electron chi connectivity index (χ0n) is 16.2. The molecule has 2 aromatic rings. The molecule has 1 amide bonds. The van der Waals surface area contributed by atoms with Gasteiger partial charge in [0.2, 0.25) is 12.2 Å². The van der Waals surface area contributed by atoms with E-state index in [9.17, 15) is 9.59 Å². The number of amides is 1. The van der Waals surface area contributed by atoms with Crippen LogP contribution in [0.2, 0.25) is 5.02 Å². The van der Waals surface area contributed by atoms with E-state index in [1.807, 2.05) is 18.4 Å². The van der Waals surface area contributed by atoms with Crippen LogP contribution in [0.25, 0.3) is 0 Å². The summed E-state index contributed by atoms with van der Waals surface area (Å²) >= 11 is 6.18. The quantitative estimate of drug-likeness (QED) is 0.806. The van der Waals surface area contributed by atoms with Crippen LogP contribution >= 0.6 is 11.6 Å². The number of nitrogens with zero attached hydrogens (tertiary/aromatic N) is 1. The van der Waals surface area contributed by atoms with Gasteiger partial charge >= 0.3 is 0 Å². The van der Waals surface area contributed by atoms with Gasteiger partial charge in [0.15, 0.2) is 0 Å². The van der Waals surface area contributed by atoms with Crippen molar-refractivity contribution in [2.75, 3.05) is 36.5 Å². The van der Waals surface area contributed by atoms with E-state index in [-0.39, 0.29) is 6.04 Å². The van der Waals surface area contributed by atoms with Crippen molar-refractivity contribution in [1.29, 1.82) is 0 Å². The molecule has 0 bridgehead atoms. The molecule has 0 saturated carbocycles. The minimum absolute atomic E-state index is 0.186. The first-order valence-corrected chi connectivity index (χ1v) is 10.0. The molecule has 2 atom stereocenters. The molecule has 1 radical (unpaired) electrons. The van der Waals surface area contributed by atoms with E-state index in [0.29, 0.717) is 41.5 Å². The van der Waals surface area contributed by atoms with Gasteiger partial charge in [-0.1, -0.05) is 23.7 Å². The number of primary amides is 1. The van der Waals surface area contributed by atoms with E-state index in [1.54, 1.807) is 19.1 Å². The van der Waals surface area contributed by atoms with E-state index in [2.05, 4.69) is 22.3 Å². The number of carbonyl (C=O) groups excluding carboxylic acids is 2. The summed E-state index contributed by atoms with van der Waals surface area (Å²) in [6.07, 6.45) is 2.40. The highest BCUT2D eigenvalue weighted by atomic mass is 35.5. The van der Waals surface area contributed by atoms with Gasteiger partial charge in [0.1, 0.15) is 0 Å². The van der Waals surface area contributed by atoms with Crippen LogP contribution in [0, 0.1) is 0 Å². The number of anilines is 2. The molecule has 0 aliphatic carbocycles. The normalized spacial score (nSPS) is 23.8. The van der Waals surface area contributed by atoms with E-state index >= 15 is 0 Å². The van der Waals surface area contributed by atoms with E-state index in [0.717, 1.165) is 24.3 Å². The third kappa shape index (κ3) is 3.58. The second kappa shape index (κ2) is 7.69. The van der Waals surface area contributed by atoms with Crippen LogP contribution in [0.1, 0.15) is 36.1 Å². The molecule has 2 aromatic carbocycles. The standard InChI is InChI=1S/C22H23ClN3O3/c1-22(21(24)28)12-19(25-20-15(13-27)9-16(23)11-18(20)22)14-3-2-4-17(10-14)26-5-7-29-8-6-26/h2-4,9-11,19,25H,5-8,12H2,1H3,(H2,24,28). The summed E-state index contributed by atoms with van der Waals surface area (Å²) in [6.45, 7) is 4.90. The molecule has 29 heavy (non-hydrogen) atoms. The van der Waals surface area contributed by atoms with Gasteiger partial charge in [-0.05, 0) is 48.7 Å². The lowest BCUT2D eigenvalue weighted by Gasteiger charge is -2.40. The van der Waals surface area contributed by atoms with Crippen LogP contribution < -0.4 is 16.0 Å². The molecule has 2 heterocycles. The first kappa shape index (κ1) is 19.7. The average Bonchev–Trinajstić information content (AvgIpc) is 2.74. The van der Waals surface area contributed by atoms with Crippen molar-refractivity contribution >= 4 is 35.2 Å². The molecular formula is C22H23ClN3O3. The Kier molecular flexibility index (Phi) is 5.23. The highest BCUT2D eigenvalue weighted by Crippen LogP contribution is 2.46. The monoisotopic (exact) mass is 412 g/mol. The average molecular weight is 413 g/mol. The van der Waals surface area contributed by atoms with Gasteiger partial charge in [-0.15, -0.1) is 0 Å². The summed E-state index contributed by atoms with van der Waals surface area (Å²) in [7, 11) is 0. The molecule has 151 valence electrons. The van der Waals surface area contributed by atoms with Gasteiger partial charge in [0, 0.05) is 23.8 Å². The molecule has 3 N–H and O–H groups in total. The number of hydrogen-bond acceptors (Lipinski definition) is 5. The number of halogens is 1. The Bertz CT molecular complexity index is 958. The number of rotatable bonds is 4. The van der Waals surface area contributed by atoms with E-state index in [4.69, 9.17) is 22.1 Å². The lowest BCUT2D eigenvalue weighted by atomic mass is 9.71. The van der Waals surface area contributed by atoms with Crippen molar-refractivity contribution in [2.24, 2.45) is 5.73 Å². The van der Waals surface area contributed by atoms with Crippen molar-refractivity contribution in [3.8, 4) is 0 Å². The number of ether oxygens (including phenoxy) is 1. The van der Waals surface area contributed by atoms with Crippen molar-refractivity contribution in [2.45, 2.75) is 24.8 Å². The van der Waals surface area contributed by atoms with Crippen molar-refractivity contribution < 1.29 is 14.3 Å². The molecular weight excluding hydrogens is 390 g/mol. The number of hydrogen-bond donors (Lipinski definition) is 2. The molecule has 4 rings (SSSR count). The number of benzene rings is 2. The van der Waals surface area contributed by atoms with Gasteiger partial charge in [-0.3, -0.25) is 9.59 Å². The molecule has 1 saturated heterocycles. The molecule has 2 unspecified atom stereocenters. The Hall–Kier alpha value is -2.57. The molecule has 7 heteroatoms. The van der Waals surface area contributed by atoms with Crippen LogP contribution in [0.4, 0.5) is 11.4 Å². The first-order chi connectivity index (χ1) is 13.9. The van der Waals surface area contributed by atoms with Crippen LogP contribution in [0.5, 0.6) is 0 Å². The Morgan fingerprint density at radius 3 is 2.76 bits per heavy atom. The summed E-state index contributed by atoms with van der Waals surface area (Å²) in [4.78, 5) is 26.3. The largest absolute Gasteiger partial charge is 0.378 e. The fraction of sp³-hybridized carbons (Fsp3) is 0.364. The summed E-state index contributed by atoms with van der Waals surface area (Å²) in [6, 6.07) is 11.3. The van der Waals surface area contributed by atoms with Gasteiger partial charge in [0.05, 0.1) is 35.9 Å². The Balaban J connectivity index is 1.75. The topological polar surface area (TPSA) is 84.7 Å². The molecule has 0 spiro atoms. The number of carbonyl (C=O) groups is 1. The Labute approximate surface area is 175 Å². The fourth-order valence-electron chi connectivity index (χ4n) is 4.22. The zero-order valence-corrected chi connectivity index (χ0v) is 17.0. The summed E-state index contributed by atoms with van der Waals surface area (Å²) in [5.74, 6) is -0.450. The smallest absolute Gasteiger partial charge is 0.235 e. The maximum atomic E-state index is 12.5. The van der Waals surface area contributed by atoms with Crippen LogP contribution in [0.3, 0.4) is 0 Å². The first-order valence-electron chi connectivity index (χ1n) is 9.63. The predicted octanol–water partition coefficient (Wildman–Crippen LogP) is 2.93. The van der Waals surface area contributed by atoms with Gasteiger partial charge < -0.3 is 20.7 Å².